The molecule has 0 fully saturated rings. The van der Waals surface area contributed by atoms with Gasteiger partial charge in [-0.1, -0.05) is 24.3 Å². The normalized spacial score (nSPS) is 13.5. The second kappa shape index (κ2) is 7.59. The van der Waals surface area contributed by atoms with Gasteiger partial charge in [-0.2, -0.15) is 13.2 Å². The lowest BCUT2D eigenvalue weighted by Gasteiger charge is -2.16. The number of nitrogens with zero attached hydrogens (tertiary/aromatic N) is 1. The Labute approximate surface area is 169 Å². The maximum absolute atomic E-state index is 13.2. The molecule has 0 radical (unpaired) electrons. The summed E-state index contributed by atoms with van der Waals surface area (Å²) in [4.78, 5) is 0.110. The highest BCUT2D eigenvalue weighted by Gasteiger charge is 2.41. The van der Waals surface area contributed by atoms with Gasteiger partial charge in [-0.05, 0) is 48.1 Å². The van der Waals surface area contributed by atoms with E-state index >= 15 is 0 Å². The van der Waals surface area contributed by atoms with E-state index in [0.29, 0.717) is 16.9 Å². The molecule has 9 heteroatoms. The Morgan fingerprint density at radius 1 is 1.03 bits per heavy atom. The molecule has 3 rings (SSSR count). The third kappa shape index (κ3) is 4.39. The van der Waals surface area contributed by atoms with Gasteiger partial charge < -0.3 is 9.67 Å². The van der Waals surface area contributed by atoms with Gasteiger partial charge in [0.15, 0.2) is 15.9 Å². The molecule has 0 aliphatic carbocycles. The molecule has 0 saturated heterocycles. The van der Waals surface area contributed by atoms with Gasteiger partial charge in [0.1, 0.15) is 0 Å². The first-order valence-corrected chi connectivity index (χ1v) is 11.0. The molecule has 0 aliphatic heterocycles. The topological polar surface area (TPSA) is 59.3 Å². The largest absolute Gasteiger partial charge is 0.418 e. The number of aliphatic hydroxyl groups excluding tert-OH is 1. The minimum absolute atomic E-state index is 0.110. The average Bonchev–Trinajstić information content (AvgIpc) is 2.97. The predicted molar refractivity (Wildman–Crippen MR) is 109 cm³/mol. The van der Waals surface area contributed by atoms with Crippen molar-refractivity contribution in [2.45, 2.75) is 24.1 Å². The molecule has 2 atom stereocenters. The van der Waals surface area contributed by atoms with Crippen molar-refractivity contribution in [2.75, 3.05) is 6.26 Å². The van der Waals surface area contributed by atoms with Crippen LogP contribution in [0.4, 0.5) is 13.2 Å². The number of hydrogen-bond donors (Lipinski definition) is 1. The summed E-state index contributed by atoms with van der Waals surface area (Å²) in [5.41, 5.74) is 1.55. The third-order valence-corrected chi connectivity index (χ3v) is 6.13. The molecule has 0 aliphatic rings. The highest BCUT2D eigenvalue weighted by molar-refractivity contribution is 7.90. The van der Waals surface area contributed by atoms with Crippen molar-refractivity contribution in [1.29, 1.82) is 0 Å². The quantitative estimate of drug-likeness (QED) is 0.624. The Morgan fingerprint density at radius 3 is 2.07 bits per heavy atom. The molecule has 154 valence electrons. The summed E-state index contributed by atoms with van der Waals surface area (Å²) in [6.07, 6.45) is -6.35. The van der Waals surface area contributed by atoms with E-state index in [-0.39, 0.29) is 16.2 Å². The molecule has 0 saturated carbocycles. The fourth-order valence-corrected chi connectivity index (χ4v) is 3.94. The molecule has 2 unspecified atom stereocenters. The number of aliphatic hydroxyl groups is 1. The lowest BCUT2D eigenvalue weighted by Crippen LogP contribution is -2.20. The first-order valence-electron chi connectivity index (χ1n) is 8.53. The number of hydrogen-bond acceptors (Lipinski definition) is 3. The van der Waals surface area contributed by atoms with Crippen molar-refractivity contribution < 1.29 is 26.7 Å². The standard InChI is InChI=1S/C20H19F3NO3PS/c1-12-17(19(25)20(21,22)23)11-18(24(12)14-5-7-15(28)8-6-14)13-3-9-16(10-4-13)29(2,26)27/h3-11,19,25H,28H2,1-2H3. The number of aromatic nitrogens is 1. The fraction of sp³-hybridized carbons (Fsp3) is 0.200. The van der Waals surface area contributed by atoms with E-state index in [1.807, 2.05) is 0 Å². The van der Waals surface area contributed by atoms with Gasteiger partial charge in [0, 0.05) is 23.2 Å². The van der Waals surface area contributed by atoms with Crippen molar-refractivity contribution in [3.05, 3.63) is 65.9 Å². The predicted octanol–water partition coefficient (Wildman–Crippen LogP) is 3.95. The molecule has 1 aromatic heterocycles. The summed E-state index contributed by atoms with van der Waals surface area (Å²) >= 11 is 0. The van der Waals surface area contributed by atoms with Crippen molar-refractivity contribution in [2.24, 2.45) is 0 Å². The smallest absolute Gasteiger partial charge is 0.379 e. The zero-order chi connectivity index (χ0) is 21.6. The molecular formula is C20H19F3NO3PS. The van der Waals surface area contributed by atoms with E-state index in [1.165, 1.54) is 37.3 Å². The molecule has 3 aromatic rings. The second-order valence-electron chi connectivity index (χ2n) is 6.74. The summed E-state index contributed by atoms with van der Waals surface area (Å²) in [6.45, 7) is 1.51. The van der Waals surface area contributed by atoms with Gasteiger partial charge in [-0.25, -0.2) is 8.42 Å². The van der Waals surface area contributed by atoms with Crippen LogP contribution < -0.4 is 5.30 Å². The Kier molecular flexibility index (Phi) is 5.64. The van der Waals surface area contributed by atoms with Crippen molar-refractivity contribution in [3.63, 3.8) is 0 Å². The van der Waals surface area contributed by atoms with Gasteiger partial charge in [0.25, 0.3) is 0 Å². The van der Waals surface area contributed by atoms with Crippen molar-refractivity contribution in [1.82, 2.24) is 4.57 Å². The van der Waals surface area contributed by atoms with Crippen LogP contribution in [0, 0.1) is 6.92 Å². The average molecular weight is 441 g/mol. The maximum Gasteiger partial charge on any atom is 0.418 e. The lowest BCUT2D eigenvalue weighted by atomic mass is 10.1. The second-order valence-corrected chi connectivity index (χ2v) is 9.42. The molecule has 0 bridgehead atoms. The Bertz CT molecular complexity index is 1140. The number of rotatable bonds is 4. The molecular weight excluding hydrogens is 422 g/mol. The molecule has 1 N–H and O–H groups in total. The van der Waals surface area contributed by atoms with Gasteiger partial charge in [0.2, 0.25) is 0 Å². The first kappa shape index (κ1) is 21.6. The highest BCUT2D eigenvalue weighted by atomic mass is 32.2. The van der Waals surface area contributed by atoms with Gasteiger partial charge in [0.05, 0.1) is 10.6 Å². The van der Waals surface area contributed by atoms with E-state index in [1.54, 1.807) is 28.8 Å². The minimum atomic E-state index is -4.81. The summed E-state index contributed by atoms with van der Waals surface area (Å²) in [6, 6.07) is 14.3. The van der Waals surface area contributed by atoms with Gasteiger partial charge in [-0.15, -0.1) is 9.24 Å². The highest BCUT2D eigenvalue weighted by Crippen LogP contribution is 2.39. The summed E-state index contributed by atoms with van der Waals surface area (Å²) in [5, 5.41) is 10.8. The SMILES string of the molecule is Cc1c(C(O)C(F)(F)F)cc(-c2ccc(S(C)(=O)=O)cc2)n1-c1ccc(P)cc1. The molecule has 1 heterocycles. The summed E-state index contributed by atoms with van der Waals surface area (Å²) in [7, 11) is -0.869. The number of halogens is 3. The van der Waals surface area contributed by atoms with E-state index in [0.717, 1.165) is 11.6 Å². The minimum Gasteiger partial charge on any atom is -0.379 e. The zero-order valence-corrected chi connectivity index (χ0v) is 17.6. The van der Waals surface area contributed by atoms with E-state index < -0.39 is 22.1 Å². The van der Waals surface area contributed by atoms with Crippen LogP contribution in [-0.2, 0) is 9.84 Å². The third-order valence-electron chi connectivity index (χ3n) is 4.62. The number of benzene rings is 2. The summed E-state index contributed by atoms with van der Waals surface area (Å²) in [5.74, 6) is 0. The molecule has 0 amide bonds. The summed E-state index contributed by atoms with van der Waals surface area (Å²) < 4.78 is 64.5. The number of alkyl halides is 3. The monoisotopic (exact) mass is 441 g/mol. The Morgan fingerprint density at radius 2 is 1.59 bits per heavy atom. The van der Waals surface area contributed by atoms with Crippen molar-refractivity contribution in [3.8, 4) is 16.9 Å². The lowest BCUT2D eigenvalue weighted by molar-refractivity contribution is -0.206. The van der Waals surface area contributed by atoms with Crippen LogP contribution >= 0.6 is 9.24 Å². The maximum atomic E-state index is 13.2. The number of sulfone groups is 1. The van der Waals surface area contributed by atoms with Crippen LogP contribution in [0.1, 0.15) is 17.4 Å². The Hall–Kier alpha value is -2.15. The van der Waals surface area contributed by atoms with E-state index in [4.69, 9.17) is 0 Å². The molecule has 4 nitrogen and oxygen atoms in total. The Balaban J connectivity index is 2.23. The molecule has 2 aromatic carbocycles. The van der Waals surface area contributed by atoms with Crippen LogP contribution in [0.25, 0.3) is 16.9 Å². The van der Waals surface area contributed by atoms with Crippen LogP contribution in [0.5, 0.6) is 0 Å². The van der Waals surface area contributed by atoms with Crippen LogP contribution in [0.2, 0.25) is 0 Å². The van der Waals surface area contributed by atoms with Crippen molar-refractivity contribution >= 4 is 24.4 Å². The van der Waals surface area contributed by atoms with E-state index in [2.05, 4.69) is 9.24 Å². The van der Waals surface area contributed by atoms with Crippen LogP contribution in [0.15, 0.2) is 59.5 Å². The fourth-order valence-electron chi connectivity index (χ4n) is 3.12. The molecule has 29 heavy (non-hydrogen) atoms. The van der Waals surface area contributed by atoms with Gasteiger partial charge >= 0.3 is 6.18 Å². The van der Waals surface area contributed by atoms with Crippen LogP contribution in [0.3, 0.4) is 0 Å². The van der Waals surface area contributed by atoms with E-state index in [9.17, 15) is 26.7 Å². The zero-order valence-electron chi connectivity index (χ0n) is 15.6. The molecule has 0 spiro atoms. The van der Waals surface area contributed by atoms with Gasteiger partial charge in [-0.3, -0.25) is 0 Å². The van der Waals surface area contributed by atoms with Crippen LogP contribution in [-0.4, -0.2) is 30.5 Å². The first-order chi connectivity index (χ1) is 13.4.